The number of hydrogen-bond acceptors (Lipinski definition) is 4. The van der Waals surface area contributed by atoms with Gasteiger partial charge >= 0.3 is 0 Å². The molecule has 83 heavy (non-hydrogen) atoms. The summed E-state index contributed by atoms with van der Waals surface area (Å²) in [5.74, 6) is 0. The normalized spacial score (nSPS) is 21.8. The van der Waals surface area contributed by atoms with Crippen LogP contribution in [0.5, 0.6) is 0 Å². The molecule has 16 rings (SSSR count). The van der Waals surface area contributed by atoms with E-state index in [0.717, 1.165) is 23.5 Å². The van der Waals surface area contributed by atoms with Gasteiger partial charge in [-0.1, -0.05) is 163 Å². The second kappa shape index (κ2) is 17.9. The lowest BCUT2D eigenvalue weighted by Crippen LogP contribution is -2.61. The molecule has 0 saturated heterocycles. The fourth-order valence-corrected chi connectivity index (χ4v) is 17.8. The van der Waals surface area contributed by atoms with Crippen molar-refractivity contribution < 1.29 is 0 Å². The van der Waals surface area contributed by atoms with E-state index in [-0.39, 0.29) is 44.6 Å². The molecular formula is C78H82BN3S. The lowest BCUT2D eigenvalue weighted by atomic mass is 9.33. The molecule has 0 N–H and O–H groups in total. The van der Waals surface area contributed by atoms with Crippen molar-refractivity contribution in [2.24, 2.45) is 0 Å². The lowest BCUT2D eigenvalue weighted by Gasteiger charge is -2.52. The summed E-state index contributed by atoms with van der Waals surface area (Å²) in [6.45, 7) is 32.2. The van der Waals surface area contributed by atoms with Crippen molar-refractivity contribution in [2.75, 3.05) is 14.7 Å². The van der Waals surface area contributed by atoms with Crippen molar-refractivity contribution in [1.82, 2.24) is 0 Å². The lowest BCUT2D eigenvalue weighted by molar-refractivity contribution is 0.188. The first-order valence-electron chi connectivity index (χ1n) is 31.3. The number of hydrogen-bond donors (Lipinski definition) is 0. The Hall–Kier alpha value is -6.82. The number of thiophene rings is 1. The Balaban J connectivity index is 1.04. The highest BCUT2D eigenvalue weighted by Gasteiger charge is 2.51. The van der Waals surface area contributed by atoms with E-state index in [1.807, 2.05) is 0 Å². The van der Waals surface area contributed by atoms with Crippen LogP contribution in [0.25, 0.3) is 21.2 Å². The summed E-state index contributed by atoms with van der Waals surface area (Å²) < 4.78 is 1.43. The van der Waals surface area contributed by atoms with Crippen LogP contribution in [0.1, 0.15) is 180 Å². The Kier molecular flexibility index (Phi) is 11.4. The third-order valence-electron chi connectivity index (χ3n) is 22.1. The van der Waals surface area contributed by atoms with Crippen molar-refractivity contribution in [3.05, 3.63) is 203 Å². The van der Waals surface area contributed by atoms with Crippen LogP contribution < -0.4 is 31.1 Å². The molecule has 0 unspecified atom stereocenters. The largest absolute Gasteiger partial charge is 0.311 e. The molecule has 5 heteroatoms. The summed E-state index contributed by atoms with van der Waals surface area (Å²) in [5.41, 5.74) is 27.6. The summed E-state index contributed by atoms with van der Waals surface area (Å²) >= 11 is 2.06. The Morgan fingerprint density at radius 3 is 1.42 bits per heavy atom. The number of nitrogens with zero attached hydrogens (tertiary/aromatic N) is 3. The van der Waals surface area contributed by atoms with E-state index >= 15 is 0 Å². The maximum Gasteiger partial charge on any atom is 0.254 e. The van der Waals surface area contributed by atoms with Gasteiger partial charge in [-0.25, -0.2) is 0 Å². The quantitative estimate of drug-likeness (QED) is 0.154. The van der Waals surface area contributed by atoms with Crippen molar-refractivity contribution in [1.29, 1.82) is 0 Å². The maximum absolute atomic E-state index is 2.77. The molecule has 9 aromatic rings. The fourth-order valence-electron chi connectivity index (χ4n) is 16.5. The molecule has 418 valence electrons. The van der Waals surface area contributed by atoms with Crippen LogP contribution in [0.4, 0.5) is 50.5 Å². The molecule has 3 heterocycles. The molecule has 0 radical (unpaired) electrons. The molecule has 1 aromatic heterocycles. The second-order valence-corrected chi connectivity index (χ2v) is 31.5. The molecule has 0 spiro atoms. The topological polar surface area (TPSA) is 9.72 Å². The van der Waals surface area contributed by atoms with Crippen molar-refractivity contribution in [2.45, 2.75) is 179 Å². The monoisotopic (exact) mass is 1100 g/mol. The van der Waals surface area contributed by atoms with E-state index in [1.165, 1.54) is 144 Å². The molecule has 2 aliphatic heterocycles. The van der Waals surface area contributed by atoms with Gasteiger partial charge in [-0.2, -0.15) is 0 Å². The highest BCUT2D eigenvalue weighted by molar-refractivity contribution is 7.26. The van der Waals surface area contributed by atoms with E-state index in [1.54, 1.807) is 11.1 Å². The average molecular weight is 1100 g/mol. The van der Waals surface area contributed by atoms with Gasteiger partial charge in [0.2, 0.25) is 0 Å². The zero-order valence-corrected chi connectivity index (χ0v) is 52.4. The third kappa shape index (κ3) is 8.01. The molecule has 5 aliphatic carbocycles. The highest BCUT2D eigenvalue weighted by Crippen LogP contribution is 2.59. The molecule has 7 aliphatic rings. The number of anilines is 9. The predicted octanol–water partition coefficient (Wildman–Crippen LogP) is 20.2. The van der Waals surface area contributed by atoms with Gasteiger partial charge < -0.3 is 14.7 Å². The smallest absolute Gasteiger partial charge is 0.254 e. The minimum absolute atomic E-state index is 0.00139. The first-order valence-corrected chi connectivity index (χ1v) is 32.1. The number of para-hydroxylation sites is 2. The van der Waals surface area contributed by atoms with Crippen LogP contribution in [-0.2, 0) is 37.9 Å². The summed E-state index contributed by atoms with van der Waals surface area (Å²) in [7, 11) is 0. The van der Waals surface area contributed by atoms with Crippen LogP contribution in [0, 0.1) is 0 Å². The summed E-state index contributed by atoms with van der Waals surface area (Å²) in [6, 6.07) is 64.5. The zero-order valence-electron chi connectivity index (χ0n) is 51.6. The number of fused-ring (bicyclic) bond motifs is 10. The van der Waals surface area contributed by atoms with Crippen LogP contribution >= 0.6 is 11.3 Å². The number of rotatable bonds is 6. The van der Waals surface area contributed by atoms with Gasteiger partial charge in [-0.05, 0) is 252 Å². The molecule has 1 fully saturated rings. The van der Waals surface area contributed by atoms with E-state index in [9.17, 15) is 0 Å². The Bertz CT molecular complexity index is 4090. The van der Waals surface area contributed by atoms with Crippen LogP contribution in [0.3, 0.4) is 0 Å². The van der Waals surface area contributed by atoms with Gasteiger partial charge in [-0.3, -0.25) is 0 Å². The molecule has 0 amide bonds. The van der Waals surface area contributed by atoms with Gasteiger partial charge in [-0.15, -0.1) is 11.3 Å². The third-order valence-corrected chi connectivity index (χ3v) is 23.3. The van der Waals surface area contributed by atoms with Crippen LogP contribution in [-0.4, -0.2) is 6.71 Å². The zero-order chi connectivity index (χ0) is 57.5. The van der Waals surface area contributed by atoms with E-state index in [4.69, 9.17) is 0 Å². The van der Waals surface area contributed by atoms with E-state index < -0.39 is 0 Å². The molecular weight excluding hydrogens is 1020 g/mol. The molecule has 1 saturated carbocycles. The number of benzene rings is 8. The first-order chi connectivity index (χ1) is 39.4. The predicted molar refractivity (Wildman–Crippen MR) is 358 cm³/mol. The average Bonchev–Trinajstić information content (AvgIpc) is 2.55. The highest BCUT2D eigenvalue weighted by atomic mass is 32.1. The first kappa shape index (κ1) is 52.9. The van der Waals surface area contributed by atoms with Crippen molar-refractivity contribution in [3.63, 3.8) is 0 Å². The van der Waals surface area contributed by atoms with Crippen molar-refractivity contribution >= 4 is 95.0 Å². The minimum atomic E-state index is -0.0523. The van der Waals surface area contributed by atoms with Gasteiger partial charge in [0.1, 0.15) is 0 Å². The van der Waals surface area contributed by atoms with Gasteiger partial charge in [0.05, 0.1) is 5.00 Å². The standard InChI is InChI=1S/C78H82BN3S/c1-72(2,3)51-26-33-65-64(44-51)79-69-57-47-62-63(78(13)40-38-77(62,12)39-41-78)48-68(57)83-71(69)82(56-30-32-59-61(46-56)76(10,11)37-35-74(59,6)7)67-43-50(49-24-27-54(28-25-49)80(52-20-16-14-17-21-52)53-22-18-15-19-23-53)42-66(70(67)79)81(65)55-29-31-58-60(45-55)75(8,9)36-34-73(58,4)5/h14-33,42-48H,34-41H2,1-13H3. The van der Waals surface area contributed by atoms with Crippen molar-refractivity contribution in [3.8, 4) is 11.1 Å². The fraction of sp³-hybridized carbons (Fsp3) is 0.359. The van der Waals surface area contributed by atoms with Crippen LogP contribution in [0.2, 0.25) is 0 Å². The molecule has 3 nitrogen and oxygen atoms in total. The Morgan fingerprint density at radius 1 is 0.410 bits per heavy atom. The molecule has 0 atom stereocenters. The molecule has 8 aromatic carbocycles. The Labute approximate surface area is 499 Å². The van der Waals surface area contributed by atoms with Gasteiger partial charge in [0.25, 0.3) is 6.71 Å². The van der Waals surface area contributed by atoms with E-state index in [0.29, 0.717) is 0 Å². The summed E-state index contributed by atoms with van der Waals surface area (Å²) in [5, 5.41) is 2.82. The van der Waals surface area contributed by atoms with Crippen LogP contribution in [0.15, 0.2) is 164 Å². The summed E-state index contributed by atoms with van der Waals surface area (Å²) in [6.07, 6.45) is 9.77. The molecule has 2 bridgehead atoms. The minimum Gasteiger partial charge on any atom is -0.311 e. The van der Waals surface area contributed by atoms with E-state index in [2.05, 4.69) is 280 Å². The Morgan fingerprint density at radius 2 is 0.892 bits per heavy atom. The van der Waals surface area contributed by atoms with Gasteiger partial charge in [0, 0.05) is 50.2 Å². The second-order valence-electron chi connectivity index (χ2n) is 30.4. The summed E-state index contributed by atoms with van der Waals surface area (Å²) in [4.78, 5) is 7.85. The maximum atomic E-state index is 2.77. The van der Waals surface area contributed by atoms with Gasteiger partial charge in [0.15, 0.2) is 0 Å². The SMILES string of the molecule is CC(C)(C)c1ccc2c(c1)B1c3c(cc(-c4ccc(N(c5ccccc5)c5ccccc5)cc4)cc3N(c3ccc4c(c3)C(C)(C)CCC4(C)C)c3sc4cc5c(cc4c31)C1(C)CCC5(C)CC1)N2c1ccc2c(c1)C(C)(C)CCC2(C)C.